The van der Waals surface area contributed by atoms with Crippen LogP contribution in [0.15, 0.2) is 11.4 Å². The molecule has 1 aromatic rings. The summed E-state index contributed by atoms with van der Waals surface area (Å²) in [5.74, 6) is 0. The van der Waals surface area contributed by atoms with E-state index in [1.54, 1.807) is 0 Å². The molecule has 0 aromatic carbocycles. The summed E-state index contributed by atoms with van der Waals surface area (Å²) in [4.78, 5) is 3.85. The van der Waals surface area contributed by atoms with Crippen molar-refractivity contribution in [2.24, 2.45) is 0 Å². The molecule has 0 aliphatic heterocycles. The van der Waals surface area contributed by atoms with Crippen molar-refractivity contribution in [1.82, 2.24) is 15.2 Å². The van der Waals surface area contributed by atoms with Crippen molar-refractivity contribution in [2.45, 2.75) is 5.16 Å². The van der Waals surface area contributed by atoms with E-state index in [9.17, 15) is 0 Å². The Morgan fingerprint density at radius 1 is 1.56 bits per heavy atom. The Bertz CT molecular complexity index is 188. The molecule has 0 aliphatic rings. The van der Waals surface area contributed by atoms with Crippen LogP contribution in [0.2, 0.25) is 5.15 Å². The van der Waals surface area contributed by atoms with Gasteiger partial charge in [-0.25, -0.2) is 4.98 Å². The van der Waals surface area contributed by atoms with Crippen LogP contribution < -0.4 is 0 Å². The van der Waals surface area contributed by atoms with E-state index < -0.39 is 0 Å². The van der Waals surface area contributed by atoms with E-state index in [1.807, 2.05) is 6.26 Å². The van der Waals surface area contributed by atoms with E-state index in [4.69, 9.17) is 11.6 Å². The molecule has 0 saturated carbocycles. The Morgan fingerprint density at radius 2 is 2.33 bits per heavy atom. The highest BCUT2D eigenvalue weighted by molar-refractivity contribution is 7.98. The molecule has 48 valence electrons. The maximum Gasteiger partial charge on any atom is 0.208 e. The molecule has 9 heavy (non-hydrogen) atoms. The number of nitrogens with zero attached hydrogens (tertiary/aromatic N) is 3. The molecule has 0 radical (unpaired) electrons. The zero-order valence-electron chi connectivity index (χ0n) is 4.71. The van der Waals surface area contributed by atoms with Gasteiger partial charge in [0.05, 0.1) is 6.20 Å². The van der Waals surface area contributed by atoms with Crippen molar-refractivity contribution in [1.29, 1.82) is 0 Å². The molecule has 0 fully saturated rings. The number of aromatic nitrogens is 3. The predicted octanol–water partition coefficient (Wildman–Crippen LogP) is 1.25. The second-order valence-corrected chi connectivity index (χ2v) is 2.43. The second-order valence-electron chi connectivity index (χ2n) is 1.27. The van der Waals surface area contributed by atoms with Gasteiger partial charge in [0.1, 0.15) is 0 Å². The van der Waals surface area contributed by atoms with Gasteiger partial charge in [-0.3, -0.25) is 0 Å². The average molecular weight is 162 g/mol. The molecule has 0 aliphatic carbocycles. The fourth-order valence-electron chi connectivity index (χ4n) is 0.344. The average Bonchev–Trinajstić information content (AvgIpc) is 1.90. The van der Waals surface area contributed by atoms with Crippen molar-refractivity contribution in [3.05, 3.63) is 11.3 Å². The number of hydrogen-bond donors (Lipinski definition) is 0. The summed E-state index contributed by atoms with van der Waals surface area (Å²) in [5.41, 5.74) is 0. The third-order valence-electron chi connectivity index (χ3n) is 0.695. The van der Waals surface area contributed by atoms with Crippen LogP contribution in [0.3, 0.4) is 0 Å². The number of hydrogen-bond acceptors (Lipinski definition) is 4. The van der Waals surface area contributed by atoms with Crippen LogP contribution in [0.4, 0.5) is 0 Å². The first-order valence-electron chi connectivity index (χ1n) is 2.22. The molecule has 0 unspecified atom stereocenters. The van der Waals surface area contributed by atoms with Gasteiger partial charge < -0.3 is 0 Å². The normalized spacial score (nSPS) is 9.56. The summed E-state index contributed by atoms with van der Waals surface area (Å²) in [6.07, 6.45) is 3.35. The van der Waals surface area contributed by atoms with Gasteiger partial charge in [0.25, 0.3) is 0 Å². The molecular weight excluding hydrogens is 158 g/mol. The molecule has 0 saturated heterocycles. The van der Waals surface area contributed by atoms with Crippen molar-refractivity contribution in [3.63, 3.8) is 0 Å². The third-order valence-corrected chi connectivity index (χ3v) is 1.42. The van der Waals surface area contributed by atoms with Gasteiger partial charge in [-0.15, -0.1) is 10.2 Å². The fraction of sp³-hybridized carbons (Fsp3) is 0.250. The van der Waals surface area contributed by atoms with Gasteiger partial charge in [0.2, 0.25) is 5.16 Å². The van der Waals surface area contributed by atoms with E-state index in [0.717, 1.165) is 0 Å². The Balaban J connectivity index is 2.88. The van der Waals surface area contributed by atoms with Gasteiger partial charge in [-0.2, -0.15) is 0 Å². The maximum atomic E-state index is 5.42. The number of thioether (sulfide) groups is 1. The van der Waals surface area contributed by atoms with E-state index in [1.165, 1.54) is 18.0 Å². The largest absolute Gasteiger partial charge is 0.226 e. The summed E-state index contributed by atoms with van der Waals surface area (Å²) < 4.78 is 0. The summed E-state index contributed by atoms with van der Waals surface area (Å²) in [5, 5.41) is 8.21. The van der Waals surface area contributed by atoms with Crippen LogP contribution >= 0.6 is 23.4 Å². The van der Waals surface area contributed by atoms with Crippen LogP contribution in [0, 0.1) is 0 Å². The monoisotopic (exact) mass is 161 g/mol. The fourth-order valence-corrected chi connectivity index (χ4v) is 0.711. The second kappa shape index (κ2) is 2.98. The smallest absolute Gasteiger partial charge is 0.208 e. The third kappa shape index (κ3) is 1.80. The van der Waals surface area contributed by atoms with E-state index in [2.05, 4.69) is 15.2 Å². The summed E-state index contributed by atoms with van der Waals surface area (Å²) in [7, 11) is 0. The molecule has 5 heteroatoms. The SMILES string of the molecule is CSc1ncc(Cl)nn1. The minimum absolute atomic E-state index is 0.327. The molecule has 0 atom stereocenters. The first kappa shape index (κ1) is 6.77. The first-order valence-corrected chi connectivity index (χ1v) is 3.82. The highest BCUT2D eigenvalue weighted by Crippen LogP contribution is 2.06. The van der Waals surface area contributed by atoms with Gasteiger partial charge in [0, 0.05) is 0 Å². The molecular formula is C4H4ClN3S. The van der Waals surface area contributed by atoms with Crippen molar-refractivity contribution >= 4 is 23.4 Å². The van der Waals surface area contributed by atoms with Crippen LogP contribution in [0.25, 0.3) is 0 Å². The first-order chi connectivity index (χ1) is 4.33. The number of halogens is 1. The van der Waals surface area contributed by atoms with Crippen LogP contribution in [-0.2, 0) is 0 Å². The summed E-state index contributed by atoms with van der Waals surface area (Å²) >= 11 is 6.86. The Kier molecular flexibility index (Phi) is 2.24. The zero-order valence-corrected chi connectivity index (χ0v) is 6.28. The standard InChI is InChI=1S/C4H4ClN3S/c1-9-4-6-2-3(5)7-8-4/h2H,1H3. The van der Waals surface area contributed by atoms with E-state index >= 15 is 0 Å². The predicted molar refractivity (Wildman–Crippen MR) is 36.6 cm³/mol. The quantitative estimate of drug-likeness (QED) is 0.581. The lowest BCUT2D eigenvalue weighted by Gasteiger charge is -1.89. The lowest BCUT2D eigenvalue weighted by Crippen LogP contribution is -1.87. The summed E-state index contributed by atoms with van der Waals surface area (Å²) in [6.45, 7) is 0. The van der Waals surface area contributed by atoms with Crippen molar-refractivity contribution < 1.29 is 0 Å². The molecule has 1 rings (SSSR count). The molecule has 0 amide bonds. The summed E-state index contributed by atoms with van der Waals surface area (Å²) in [6, 6.07) is 0. The van der Waals surface area contributed by atoms with Crippen molar-refractivity contribution in [2.75, 3.05) is 6.26 Å². The van der Waals surface area contributed by atoms with Crippen molar-refractivity contribution in [3.8, 4) is 0 Å². The van der Waals surface area contributed by atoms with Crippen LogP contribution in [-0.4, -0.2) is 21.4 Å². The van der Waals surface area contributed by atoms with E-state index in [0.29, 0.717) is 10.3 Å². The molecule has 0 N–H and O–H groups in total. The lowest BCUT2D eigenvalue weighted by atomic mass is 10.9. The highest BCUT2D eigenvalue weighted by atomic mass is 35.5. The minimum atomic E-state index is 0.327. The van der Waals surface area contributed by atoms with Gasteiger partial charge in [-0.1, -0.05) is 23.4 Å². The Hall–Kier alpha value is -0.350. The Morgan fingerprint density at radius 3 is 2.78 bits per heavy atom. The minimum Gasteiger partial charge on any atom is -0.226 e. The van der Waals surface area contributed by atoms with Gasteiger partial charge >= 0.3 is 0 Å². The van der Waals surface area contributed by atoms with Crippen LogP contribution in [0.1, 0.15) is 0 Å². The van der Waals surface area contributed by atoms with E-state index in [-0.39, 0.29) is 0 Å². The molecule has 3 nitrogen and oxygen atoms in total. The molecule has 0 spiro atoms. The van der Waals surface area contributed by atoms with Gasteiger partial charge in [0.15, 0.2) is 5.15 Å². The highest BCUT2D eigenvalue weighted by Gasteiger charge is 1.91. The Labute approximate surface area is 61.9 Å². The molecule has 1 aromatic heterocycles. The maximum absolute atomic E-state index is 5.42. The topological polar surface area (TPSA) is 38.7 Å². The van der Waals surface area contributed by atoms with Crippen LogP contribution in [0.5, 0.6) is 0 Å². The zero-order chi connectivity index (χ0) is 6.69. The number of rotatable bonds is 1. The lowest BCUT2D eigenvalue weighted by molar-refractivity contribution is 0.841. The molecule has 0 bridgehead atoms. The molecule has 1 heterocycles. The van der Waals surface area contributed by atoms with Gasteiger partial charge in [-0.05, 0) is 6.26 Å².